The van der Waals surface area contributed by atoms with Crippen molar-refractivity contribution in [2.24, 2.45) is 5.73 Å². The predicted molar refractivity (Wildman–Crippen MR) is 386 cm³/mol. The highest BCUT2D eigenvalue weighted by atomic mass is 35.5. The van der Waals surface area contributed by atoms with Crippen LogP contribution in [0.25, 0.3) is 37.2 Å². The SMILES string of the molecule is CCOC(=O)N1CCC(NS(=O)(=O)c2ccc(CN)c3ccccc23)CC1.CCOC(=O)N1CCC(NS(=O)(=O)c2ccc(CNC(=O)c3ccccc3C)c3ccccc23)CC1.Cc1ccccc1C(=O)Cl.[C-]#[N+]c1ccc(S(=O)(=O)NC2CCN(C(=O)OCC)CC2)c2ccccc12. The van der Waals surface area contributed by atoms with E-state index < -0.39 is 35.3 Å². The molecule has 23 nitrogen and oxygen atoms in total. The summed E-state index contributed by atoms with van der Waals surface area (Å²) in [5.41, 5.74) is 10.9. The number of rotatable bonds is 17. The molecular weight excluding hydrogens is 1360 g/mol. The van der Waals surface area contributed by atoms with E-state index in [1.165, 1.54) is 12.1 Å². The summed E-state index contributed by atoms with van der Waals surface area (Å²) in [4.78, 5) is 67.6. The van der Waals surface area contributed by atoms with Crippen LogP contribution in [0, 0.1) is 20.4 Å². The Morgan fingerprint density at radius 3 is 1.13 bits per heavy atom. The second-order valence-corrected chi connectivity index (χ2v) is 29.2. The summed E-state index contributed by atoms with van der Waals surface area (Å²) in [6.07, 6.45) is 2.11. The van der Waals surface area contributed by atoms with Crippen molar-refractivity contribution in [1.82, 2.24) is 34.2 Å². The number of aryl methyl sites for hydroxylation is 2. The van der Waals surface area contributed by atoms with Crippen LogP contribution in [0.5, 0.6) is 0 Å². The van der Waals surface area contributed by atoms with Gasteiger partial charge in [-0.15, -0.1) is 0 Å². The van der Waals surface area contributed by atoms with E-state index in [9.17, 15) is 49.2 Å². The Morgan fingerprint density at radius 2 is 0.780 bits per heavy atom. The number of hydrogen-bond acceptors (Lipinski definition) is 15. The lowest BCUT2D eigenvalue weighted by Crippen LogP contribution is -2.46. The van der Waals surface area contributed by atoms with E-state index in [1.807, 2.05) is 74.5 Å². The summed E-state index contributed by atoms with van der Waals surface area (Å²) in [7, 11) is -11.2. The third kappa shape index (κ3) is 19.9. The summed E-state index contributed by atoms with van der Waals surface area (Å²) >= 11 is 5.27. The van der Waals surface area contributed by atoms with E-state index in [4.69, 9.17) is 38.1 Å². The number of sulfonamides is 3. The second-order valence-electron chi connectivity index (χ2n) is 23.8. The standard InChI is InChI=1S/C27H31N3O5S.C19H21N3O4S.C19H25N3O4S.C8H7ClO/c1-3-35-27(32)30-16-14-21(15-17-30)29-36(33,34)25-13-12-20(23-10-6-7-11-24(23)25)18-28-26(31)22-9-5-4-8-19(22)2;1-3-26-19(23)22-12-10-14(11-13-22)21-27(24,25)18-9-8-17(20-2)15-6-4-5-7-16(15)18;1-2-26-19(23)22-11-9-15(10-12-22)21-27(24,25)18-8-7-14(13-20)16-5-3-4-6-17(16)18;1-6-4-2-3-5-7(6)8(9)10/h4-13,21,29H,3,14-18H2,1-2H3,(H,28,31);4-9,14,21H,3,10-13H2,1H3;3-8,15,21H,2,9-13,20H2,1H3;2-5H,1H3. The maximum atomic E-state index is 13.3. The topological polar surface area (TPSA) is 304 Å². The Labute approximate surface area is 589 Å². The lowest BCUT2D eigenvalue weighted by molar-refractivity contribution is 0.0945. The highest BCUT2D eigenvalue weighted by molar-refractivity contribution is 7.90. The maximum absolute atomic E-state index is 13.3. The van der Waals surface area contributed by atoms with Gasteiger partial charge in [-0.05, 0) is 153 Å². The molecule has 3 saturated heterocycles. The first-order chi connectivity index (χ1) is 47.9. The van der Waals surface area contributed by atoms with Crippen LogP contribution in [-0.2, 0) is 57.4 Å². The molecule has 8 aromatic rings. The van der Waals surface area contributed by atoms with E-state index in [0.717, 1.165) is 33.0 Å². The minimum atomic E-state index is -3.80. The zero-order chi connectivity index (χ0) is 72.2. The number of fused-ring (bicyclic) bond motifs is 3. The number of amides is 4. The molecule has 530 valence electrons. The summed E-state index contributed by atoms with van der Waals surface area (Å²) < 4.78 is 102. The third-order valence-electron chi connectivity index (χ3n) is 17.2. The van der Waals surface area contributed by atoms with Gasteiger partial charge in [0.1, 0.15) is 0 Å². The van der Waals surface area contributed by atoms with Gasteiger partial charge < -0.3 is 40.0 Å². The van der Waals surface area contributed by atoms with Crippen LogP contribution in [0.1, 0.15) is 102 Å². The lowest BCUT2D eigenvalue weighted by Gasteiger charge is -2.31. The molecule has 3 aliphatic heterocycles. The molecule has 3 aliphatic rings. The zero-order valence-electron chi connectivity index (χ0n) is 56.4. The van der Waals surface area contributed by atoms with Gasteiger partial charge in [0.2, 0.25) is 30.1 Å². The maximum Gasteiger partial charge on any atom is 0.409 e. The van der Waals surface area contributed by atoms with Crippen molar-refractivity contribution in [3.63, 3.8) is 0 Å². The molecular formula is C73H84ClN9O14S3. The summed E-state index contributed by atoms with van der Waals surface area (Å²) in [5.74, 6) is -0.176. The predicted octanol–water partition coefficient (Wildman–Crippen LogP) is 11.8. The smallest absolute Gasteiger partial charge is 0.409 e. The number of carbonyl (C=O) groups excluding carboxylic acids is 5. The number of nitrogens with two attached hydrogens (primary N) is 1. The average molecular weight is 1440 g/mol. The van der Waals surface area contributed by atoms with Gasteiger partial charge in [-0.3, -0.25) is 9.59 Å². The molecule has 0 atom stereocenters. The number of piperidine rings is 3. The van der Waals surface area contributed by atoms with Gasteiger partial charge in [-0.2, -0.15) is 0 Å². The second kappa shape index (κ2) is 35.8. The van der Waals surface area contributed by atoms with Crippen LogP contribution in [0.15, 0.2) is 172 Å². The van der Waals surface area contributed by atoms with E-state index >= 15 is 0 Å². The van der Waals surface area contributed by atoms with E-state index in [1.54, 1.807) is 120 Å². The van der Waals surface area contributed by atoms with Crippen LogP contribution < -0.4 is 25.2 Å². The summed E-state index contributed by atoms with van der Waals surface area (Å²) in [6.45, 7) is 20.6. The molecule has 0 aliphatic carbocycles. The normalized spacial score (nSPS) is 14.6. The molecule has 6 N–H and O–H groups in total. The molecule has 100 heavy (non-hydrogen) atoms. The van der Waals surface area contributed by atoms with Gasteiger partial charge in [-0.25, -0.2) is 58.6 Å². The molecule has 11 rings (SSSR count). The Balaban J connectivity index is 0.000000180. The Morgan fingerprint density at radius 1 is 0.460 bits per heavy atom. The van der Waals surface area contributed by atoms with Crippen molar-refractivity contribution in [1.29, 1.82) is 0 Å². The quantitative estimate of drug-likeness (QED) is 0.0321. The van der Waals surface area contributed by atoms with E-state index in [0.29, 0.717) is 143 Å². The first kappa shape index (κ1) is 76.7. The van der Waals surface area contributed by atoms with Crippen molar-refractivity contribution < 1.29 is 63.4 Å². The van der Waals surface area contributed by atoms with Crippen molar-refractivity contribution >= 4 is 109 Å². The highest BCUT2D eigenvalue weighted by Crippen LogP contribution is 2.33. The molecule has 0 unspecified atom stereocenters. The Kier molecular flexibility index (Phi) is 27.5. The number of hydrogen-bond donors (Lipinski definition) is 5. The average Bonchev–Trinajstić information content (AvgIpc) is 0.789. The van der Waals surface area contributed by atoms with Crippen molar-refractivity contribution in [2.75, 3.05) is 59.1 Å². The van der Waals surface area contributed by atoms with Crippen molar-refractivity contribution in [3.05, 3.63) is 203 Å². The first-order valence-corrected chi connectivity index (χ1v) is 37.8. The number of benzene rings is 8. The number of halogens is 1. The number of nitrogens with one attached hydrogen (secondary N) is 4. The molecule has 0 spiro atoms. The summed E-state index contributed by atoms with van der Waals surface area (Å²) in [6, 6.07) is 45.3. The fraction of sp³-hybridized carbons (Fsp3) is 0.342. The van der Waals surface area contributed by atoms with Gasteiger partial charge in [0, 0.05) is 92.4 Å². The van der Waals surface area contributed by atoms with Gasteiger partial charge >= 0.3 is 18.3 Å². The Bertz CT molecular complexity index is 4630. The van der Waals surface area contributed by atoms with Gasteiger partial charge in [-0.1, -0.05) is 133 Å². The third-order valence-corrected chi connectivity index (χ3v) is 22.2. The molecule has 3 fully saturated rings. The molecule has 0 aromatic heterocycles. The fourth-order valence-corrected chi connectivity index (χ4v) is 16.7. The molecule has 8 aromatic carbocycles. The zero-order valence-corrected chi connectivity index (χ0v) is 59.7. The molecule has 0 bridgehead atoms. The monoisotopic (exact) mass is 1440 g/mol. The van der Waals surface area contributed by atoms with Crippen LogP contribution in [0.4, 0.5) is 20.1 Å². The highest BCUT2D eigenvalue weighted by Gasteiger charge is 2.32. The van der Waals surface area contributed by atoms with Crippen LogP contribution in [-0.4, -0.2) is 147 Å². The van der Waals surface area contributed by atoms with Crippen LogP contribution >= 0.6 is 11.6 Å². The van der Waals surface area contributed by atoms with Crippen molar-refractivity contribution in [3.8, 4) is 0 Å². The van der Waals surface area contributed by atoms with Crippen LogP contribution in [0.2, 0.25) is 0 Å². The van der Waals surface area contributed by atoms with Gasteiger partial charge in [0.25, 0.3) is 11.1 Å². The minimum absolute atomic E-state index is 0.165. The van der Waals surface area contributed by atoms with Gasteiger partial charge in [0.05, 0.1) is 41.1 Å². The first-order valence-electron chi connectivity index (χ1n) is 33.0. The van der Waals surface area contributed by atoms with Crippen molar-refractivity contribution in [2.45, 2.75) is 119 Å². The Hall–Kier alpha value is -9.04. The number of carbonyl (C=O) groups is 5. The minimum Gasteiger partial charge on any atom is -0.450 e. The number of likely N-dealkylation sites (tertiary alicyclic amines) is 3. The molecule has 27 heteroatoms. The number of nitrogens with zero attached hydrogens (tertiary/aromatic N) is 4. The fourth-order valence-electron chi connectivity index (χ4n) is 12.0. The van der Waals surface area contributed by atoms with E-state index in [-0.39, 0.29) is 63.5 Å². The molecule has 0 saturated carbocycles. The molecule has 4 amide bonds. The van der Waals surface area contributed by atoms with Crippen LogP contribution in [0.3, 0.4) is 0 Å². The number of ether oxygens (including phenoxy) is 3. The van der Waals surface area contributed by atoms with Gasteiger partial charge in [0.15, 0.2) is 5.69 Å². The molecule has 3 heterocycles. The van der Waals surface area contributed by atoms with E-state index in [2.05, 4.69) is 24.3 Å². The lowest BCUT2D eigenvalue weighted by atomic mass is 10.0. The largest absolute Gasteiger partial charge is 0.450 e. The summed E-state index contributed by atoms with van der Waals surface area (Å²) in [5, 5.41) is 6.58. The molecule has 0 radical (unpaired) electrons.